The van der Waals surface area contributed by atoms with Gasteiger partial charge in [-0.15, -0.1) is 0 Å². The van der Waals surface area contributed by atoms with Crippen LogP contribution in [0.25, 0.3) is 0 Å². The molecular weight excluding hydrogens is 316 g/mol. The minimum absolute atomic E-state index is 0.340. The lowest BCUT2D eigenvalue weighted by Gasteiger charge is -2.33. The smallest absolute Gasteiger partial charge is 0.145 e. The molecule has 122 valence electrons. The number of nitrogens with two attached hydrogens (primary N) is 1. The summed E-state index contributed by atoms with van der Waals surface area (Å²) in [5.41, 5.74) is 1.13. The fourth-order valence-electron chi connectivity index (χ4n) is 2.69. The number of rotatable bonds is 5. The molecule has 0 aromatic carbocycles. The van der Waals surface area contributed by atoms with Crippen LogP contribution in [0.5, 0.6) is 0 Å². The van der Waals surface area contributed by atoms with Crippen LogP contribution in [0.15, 0.2) is 40.3 Å². The Morgan fingerprint density at radius 1 is 1.64 bits per heavy atom. The van der Waals surface area contributed by atoms with Gasteiger partial charge in [-0.1, -0.05) is 32.0 Å². The number of hydrazine groups is 1. The highest BCUT2D eigenvalue weighted by Crippen LogP contribution is 2.26. The van der Waals surface area contributed by atoms with E-state index in [2.05, 4.69) is 31.8 Å². The van der Waals surface area contributed by atoms with E-state index in [-0.39, 0.29) is 0 Å². The number of hydrogen-bond donors (Lipinski definition) is 2. The van der Waals surface area contributed by atoms with Crippen molar-refractivity contribution < 1.29 is 0 Å². The summed E-state index contributed by atoms with van der Waals surface area (Å²) in [6.45, 7) is 8.11. The van der Waals surface area contributed by atoms with Crippen molar-refractivity contribution in [2.75, 3.05) is 11.5 Å². The van der Waals surface area contributed by atoms with Gasteiger partial charge in [0.05, 0.1) is 11.1 Å². The molecule has 1 saturated heterocycles. The number of hydrogen-bond acceptors (Lipinski definition) is 4. The Morgan fingerprint density at radius 3 is 2.91 bits per heavy atom. The van der Waals surface area contributed by atoms with Gasteiger partial charge in [0.25, 0.3) is 0 Å². The van der Waals surface area contributed by atoms with E-state index in [0.29, 0.717) is 22.8 Å². The topological polar surface area (TPSA) is 53.7 Å². The maximum Gasteiger partial charge on any atom is 0.145 e. The van der Waals surface area contributed by atoms with Crippen LogP contribution in [0.3, 0.4) is 0 Å². The number of nitrogens with one attached hydrogen (secondary N) is 1. The summed E-state index contributed by atoms with van der Waals surface area (Å²) in [7, 11) is 0. The first kappa shape index (κ1) is 17.4. The highest BCUT2D eigenvalue weighted by atomic mass is 35.5. The number of aliphatic imine (C=N–C) groups is 1. The summed E-state index contributed by atoms with van der Waals surface area (Å²) in [5.74, 6) is 10.3. The standard InChI is InChI=1S/C16H25ClN4S/c1-4-11(5-2)14-9-15(19-12-7-8-22-10-12)21(18)16(20-14)13(17)6-3/h6,9,11-12,20H,3-5,7-8,10,18H2,1-2H3/b16-13+,19-15?/t12-/m0/s1. The van der Waals surface area contributed by atoms with Crippen LogP contribution in [-0.2, 0) is 0 Å². The molecule has 0 aromatic rings. The molecule has 0 amide bonds. The average Bonchev–Trinajstić information content (AvgIpc) is 3.03. The Hall–Kier alpha value is -0.910. The maximum absolute atomic E-state index is 6.27. The molecule has 0 unspecified atom stereocenters. The van der Waals surface area contributed by atoms with Gasteiger partial charge in [0.1, 0.15) is 11.7 Å². The molecule has 2 aliphatic heterocycles. The summed E-state index contributed by atoms with van der Waals surface area (Å²) in [6, 6.07) is 0.340. The van der Waals surface area contributed by atoms with Crippen molar-refractivity contribution in [2.24, 2.45) is 16.8 Å². The van der Waals surface area contributed by atoms with Crippen LogP contribution in [0.4, 0.5) is 0 Å². The third-order valence-corrected chi connectivity index (χ3v) is 5.56. The van der Waals surface area contributed by atoms with Crippen molar-refractivity contribution in [3.8, 4) is 0 Å². The molecule has 0 saturated carbocycles. The van der Waals surface area contributed by atoms with Gasteiger partial charge in [-0.2, -0.15) is 11.8 Å². The lowest BCUT2D eigenvalue weighted by molar-refractivity contribution is 0.452. The molecular formula is C16H25ClN4S. The summed E-state index contributed by atoms with van der Waals surface area (Å²) in [4.78, 5) is 4.84. The lowest BCUT2D eigenvalue weighted by atomic mass is 9.97. The van der Waals surface area contributed by atoms with Gasteiger partial charge in [0, 0.05) is 17.5 Å². The summed E-state index contributed by atoms with van der Waals surface area (Å²) >= 11 is 8.21. The van der Waals surface area contributed by atoms with Crippen LogP contribution < -0.4 is 11.2 Å². The van der Waals surface area contributed by atoms with Gasteiger partial charge < -0.3 is 5.32 Å². The van der Waals surface area contributed by atoms with Crippen LogP contribution in [0.2, 0.25) is 0 Å². The zero-order chi connectivity index (χ0) is 16.1. The largest absolute Gasteiger partial charge is 0.342 e. The molecule has 3 N–H and O–H groups in total. The van der Waals surface area contributed by atoms with Crippen molar-refractivity contribution in [3.63, 3.8) is 0 Å². The van der Waals surface area contributed by atoms with Crippen molar-refractivity contribution in [3.05, 3.63) is 35.3 Å². The van der Waals surface area contributed by atoms with E-state index >= 15 is 0 Å². The van der Waals surface area contributed by atoms with E-state index in [4.69, 9.17) is 22.4 Å². The number of nitrogens with zero attached hydrogens (tertiary/aromatic N) is 2. The summed E-state index contributed by atoms with van der Waals surface area (Å²) < 4.78 is 0. The first-order chi connectivity index (χ1) is 10.6. The molecule has 0 radical (unpaired) electrons. The molecule has 6 heteroatoms. The Labute approximate surface area is 142 Å². The Balaban J connectivity index is 2.39. The normalized spacial score (nSPS) is 26.2. The van der Waals surface area contributed by atoms with Crippen LogP contribution in [0, 0.1) is 5.92 Å². The second-order valence-electron chi connectivity index (χ2n) is 5.51. The third kappa shape index (κ3) is 3.89. The lowest BCUT2D eigenvalue weighted by Crippen LogP contribution is -2.46. The van der Waals surface area contributed by atoms with E-state index < -0.39 is 0 Å². The second kappa shape index (κ2) is 8.09. The van der Waals surface area contributed by atoms with Crippen molar-refractivity contribution in [1.82, 2.24) is 10.3 Å². The number of halogens is 1. The van der Waals surface area contributed by atoms with Gasteiger partial charge >= 0.3 is 0 Å². The van der Waals surface area contributed by atoms with Crippen LogP contribution in [0.1, 0.15) is 33.1 Å². The Kier molecular flexibility index (Phi) is 6.41. The minimum Gasteiger partial charge on any atom is -0.342 e. The van der Waals surface area contributed by atoms with E-state index in [0.717, 1.165) is 36.5 Å². The molecule has 2 rings (SSSR count). The third-order valence-electron chi connectivity index (χ3n) is 4.09. The summed E-state index contributed by atoms with van der Waals surface area (Å²) in [5, 5.41) is 5.41. The van der Waals surface area contributed by atoms with E-state index in [1.165, 1.54) is 5.75 Å². The highest BCUT2D eigenvalue weighted by molar-refractivity contribution is 7.99. The second-order valence-corrected chi connectivity index (χ2v) is 7.07. The van der Waals surface area contributed by atoms with Crippen LogP contribution in [-0.4, -0.2) is 28.4 Å². The number of amidine groups is 1. The zero-order valence-electron chi connectivity index (χ0n) is 13.3. The maximum atomic E-state index is 6.27. The summed E-state index contributed by atoms with van der Waals surface area (Å²) in [6.07, 6.45) is 6.90. The predicted octanol–water partition coefficient (Wildman–Crippen LogP) is 3.58. The SMILES string of the molecule is C=C/C(Cl)=C1/NC(C(CC)CC)=CC(=N[C@H]2CCSC2)N1N. The molecule has 0 aromatic heterocycles. The number of allylic oxidation sites excluding steroid dienone is 3. The van der Waals surface area contributed by atoms with E-state index in [1.54, 1.807) is 11.1 Å². The van der Waals surface area contributed by atoms with Gasteiger partial charge in [0.15, 0.2) is 0 Å². The van der Waals surface area contributed by atoms with Gasteiger partial charge in [-0.3, -0.25) is 4.99 Å². The molecule has 1 fully saturated rings. The average molecular weight is 341 g/mol. The van der Waals surface area contributed by atoms with Gasteiger partial charge in [-0.25, -0.2) is 10.9 Å². The fourth-order valence-corrected chi connectivity index (χ4v) is 3.94. The number of thioether (sulfide) groups is 1. The molecule has 0 spiro atoms. The molecule has 1 atom stereocenters. The molecule has 4 nitrogen and oxygen atoms in total. The van der Waals surface area contributed by atoms with Gasteiger partial charge in [-0.05, 0) is 37.0 Å². The monoisotopic (exact) mass is 340 g/mol. The van der Waals surface area contributed by atoms with E-state index in [1.807, 2.05) is 11.8 Å². The highest BCUT2D eigenvalue weighted by Gasteiger charge is 2.26. The fraction of sp³-hybridized carbons (Fsp3) is 0.562. The first-order valence-corrected chi connectivity index (χ1v) is 9.35. The van der Waals surface area contributed by atoms with Crippen molar-refractivity contribution >= 4 is 29.2 Å². The first-order valence-electron chi connectivity index (χ1n) is 7.81. The zero-order valence-corrected chi connectivity index (χ0v) is 14.9. The Morgan fingerprint density at radius 2 is 2.36 bits per heavy atom. The molecule has 2 heterocycles. The van der Waals surface area contributed by atoms with Crippen molar-refractivity contribution in [2.45, 2.75) is 39.2 Å². The molecule has 22 heavy (non-hydrogen) atoms. The Bertz CT molecular complexity index is 502. The quantitative estimate of drug-likeness (QED) is 0.751. The predicted molar refractivity (Wildman–Crippen MR) is 97.6 cm³/mol. The van der Waals surface area contributed by atoms with Gasteiger partial charge in [0.2, 0.25) is 0 Å². The molecule has 0 bridgehead atoms. The minimum atomic E-state index is 0.340. The molecule has 0 aliphatic carbocycles. The van der Waals surface area contributed by atoms with Crippen molar-refractivity contribution in [1.29, 1.82) is 0 Å². The van der Waals surface area contributed by atoms with Crippen LogP contribution >= 0.6 is 23.4 Å². The molecule has 2 aliphatic rings. The van der Waals surface area contributed by atoms with E-state index in [9.17, 15) is 0 Å².